The lowest BCUT2D eigenvalue weighted by molar-refractivity contribution is -0.137. The van der Waals surface area contributed by atoms with Crippen LogP contribution in [0.15, 0.2) is 29.3 Å². The molecule has 1 unspecified atom stereocenters. The molecule has 132 valence electrons. The Kier molecular flexibility index (Phi) is 4.89. The number of piperidine rings is 1. The van der Waals surface area contributed by atoms with Crippen molar-refractivity contribution in [1.29, 1.82) is 0 Å². The summed E-state index contributed by atoms with van der Waals surface area (Å²) in [5, 5.41) is 13.4. The Bertz CT molecular complexity index is 860. The summed E-state index contributed by atoms with van der Waals surface area (Å²) in [6.45, 7) is 0.777. The van der Waals surface area contributed by atoms with Gasteiger partial charge in [-0.1, -0.05) is 11.6 Å². The summed E-state index contributed by atoms with van der Waals surface area (Å²) >= 11 is 5.87. The highest BCUT2D eigenvalue weighted by atomic mass is 35.5. The molecule has 3 heterocycles. The molecule has 9 heteroatoms. The van der Waals surface area contributed by atoms with E-state index in [9.17, 15) is 14.4 Å². The smallest absolute Gasteiger partial charge is 0.325 e. The molecule has 1 amide bonds. The molecular formula is C16H17ClN4O4. The number of amides is 1. The van der Waals surface area contributed by atoms with Crippen LogP contribution < -0.4 is 5.56 Å². The highest BCUT2D eigenvalue weighted by molar-refractivity contribution is 6.30. The Morgan fingerprint density at radius 3 is 3.00 bits per heavy atom. The molecule has 0 spiro atoms. The maximum Gasteiger partial charge on any atom is 0.325 e. The minimum atomic E-state index is -0.963. The lowest BCUT2D eigenvalue weighted by atomic mass is 9.94. The second-order valence-electron chi connectivity index (χ2n) is 5.98. The van der Waals surface area contributed by atoms with Crippen molar-refractivity contribution >= 4 is 23.5 Å². The maximum absolute atomic E-state index is 12.6. The Morgan fingerprint density at radius 2 is 2.24 bits per heavy atom. The standard InChI is InChI=1S/C16H17ClN4O4/c17-11-6-12(15(24)18-7-11)16(25)20-4-1-2-10(8-20)13-3-5-21(19-13)9-14(22)23/h3,5-7,10H,1-2,4,8-9H2,(H,18,24)(H,22,23). The first-order valence-electron chi connectivity index (χ1n) is 7.86. The van der Waals surface area contributed by atoms with Crippen LogP contribution in [0.2, 0.25) is 5.02 Å². The molecule has 1 atom stereocenters. The van der Waals surface area contributed by atoms with Crippen molar-refractivity contribution in [2.24, 2.45) is 0 Å². The second-order valence-corrected chi connectivity index (χ2v) is 6.42. The van der Waals surface area contributed by atoms with E-state index in [-0.39, 0.29) is 23.9 Å². The first-order chi connectivity index (χ1) is 11.9. The third-order valence-electron chi connectivity index (χ3n) is 4.18. The fourth-order valence-electron chi connectivity index (χ4n) is 3.01. The normalized spacial score (nSPS) is 17.5. The lowest BCUT2D eigenvalue weighted by Crippen LogP contribution is -2.41. The second kappa shape index (κ2) is 7.10. The van der Waals surface area contributed by atoms with Gasteiger partial charge in [-0.05, 0) is 25.0 Å². The third-order valence-corrected chi connectivity index (χ3v) is 4.40. The number of carboxylic acid groups (broad SMARTS) is 1. The molecule has 8 nitrogen and oxygen atoms in total. The van der Waals surface area contributed by atoms with E-state index in [4.69, 9.17) is 16.7 Å². The molecule has 0 saturated carbocycles. The monoisotopic (exact) mass is 364 g/mol. The van der Waals surface area contributed by atoms with Crippen LogP contribution in [0, 0.1) is 0 Å². The number of carboxylic acids is 1. The summed E-state index contributed by atoms with van der Waals surface area (Å²) in [5.41, 5.74) is 0.297. The van der Waals surface area contributed by atoms with Crippen LogP contribution in [0.25, 0.3) is 0 Å². The molecule has 1 saturated heterocycles. The van der Waals surface area contributed by atoms with Crippen LogP contribution in [-0.2, 0) is 11.3 Å². The van der Waals surface area contributed by atoms with Gasteiger partial charge in [0, 0.05) is 31.4 Å². The number of aromatic amines is 1. The van der Waals surface area contributed by atoms with E-state index in [1.807, 2.05) is 0 Å². The van der Waals surface area contributed by atoms with E-state index in [0.717, 1.165) is 18.5 Å². The fourth-order valence-corrected chi connectivity index (χ4v) is 3.17. The van der Waals surface area contributed by atoms with E-state index in [1.165, 1.54) is 16.9 Å². The molecule has 1 fully saturated rings. The van der Waals surface area contributed by atoms with Gasteiger partial charge >= 0.3 is 5.97 Å². The average molecular weight is 365 g/mol. The largest absolute Gasteiger partial charge is 0.480 e. The number of pyridine rings is 1. The van der Waals surface area contributed by atoms with Gasteiger partial charge in [-0.25, -0.2) is 0 Å². The topological polar surface area (TPSA) is 108 Å². The van der Waals surface area contributed by atoms with Crippen LogP contribution in [0.3, 0.4) is 0 Å². The summed E-state index contributed by atoms with van der Waals surface area (Å²) in [4.78, 5) is 39.3. The van der Waals surface area contributed by atoms with Crippen molar-refractivity contribution < 1.29 is 14.7 Å². The number of likely N-dealkylation sites (tertiary alicyclic amines) is 1. The maximum atomic E-state index is 12.6. The molecule has 25 heavy (non-hydrogen) atoms. The molecule has 2 N–H and O–H groups in total. The van der Waals surface area contributed by atoms with Crippen molar-refractivity contribution in [1.82, 2.24) is 19.7 Å². The van der Waals surface area contributed by atoms with Gasteiger partial charge in [0.2, 0.25) is 0 Å². The number of nitrogens with one attached hydrogen (secondary N) is 1. The number of rotatable bonds is 4. The number of nitrogens with zero attached hydrogens (tertiary/aromatic N) is 3. The quantitative estimate of drug-likeness (QED) is 0.850. The lowest BCUT2D eigenvalue weighted by Gasteiger charge is -2.31. The predicted molar refractivity (Wildman–Crippen MR) is 89.8 cm³/mol. The van der Waals surface area contributed by atoms with Gasteiger partial charge in [-0.15, -0.1) is 0 Å². The number of halogens is 1. The van der Waals surface area contributed by atoms with Gasteiger partial charge in [0.1, 0.15) is 12.1 Å². The highest BCUT2D eigenvalue weighted by Gasteiger charge is 2.28. The fraction of sp³-hybridized carbons (Fsp3) is 0.375. The van der Waals surface area contributed by atoms with Crippen molar-refractivity contribution in [3.63, 3.8) is 0 Å². The molecule has 0 aromatic carbocycles. The SMILES string of the molecule is O=C(O)Cn1ccc(C2CCCN(C(=O)c3cc(Cl)c[nH]c3=O)C2)n1. The molecule has 2 aromatic heterocycles. The summed E-state index contributed by atoms with van der Waals surface area (Å²) < 4.78 is 1.36. The Hall–Kier alpha value is -2.61. The predicted octanol–water partition coefficient (Wildman–Crippen LogP) is 1.33. The number of hydrogen-bond acceptors (Lipinski definition) is 4. The van der Waals surface area contributed by atoms with Crippen LogP contribution >= 0.6 is 11.6 Å². The molecule has 1 aliphatic rings. The van der Waals surface area contributed by atoms with E-state index < -0.39 is 11.5 Å². The molecule has 3 rings (SSSR count). The van der Waals surface area contributed by atoms with Gasteiger partial charge in [-0.2, -0.15) is 5.10 Å². The highest BCUT2D eigenvalue weighted by Crippen LogP contribution is 2.26. The number of H-pyrrole nitrogens is 1. The summed E-state index contributed by atoms with van der Waals surface area (Å²) in [6, 6.07) is 3.14. The van der Waals surface area contributed by atoms with Crippen LogP contribution in [-0.4, -0.2) is 49.7 Å². The first-order valence-corrected chi connectivity index (χ1v) is 8.24. The summed E-state index contributed by atoms with van der Waals surface area (Å²) in [7, 11) is 0. The first kappa shape index (κ1) is 17.2. The van der Waals surface area contributed by atoms with Gasteiger partial charge in [-0.3, -0.25) is 19.1 Å². The molecule has 1 aliphatic heterocycles. The van der Waals surface area contributed by atoms with Crippen molar-refractivity contribution in [3.8, 4) is 0 Å². The summed E-state index contributed by atoms with van der Waals surface area (Å²) in [5.74, 6) is -1.32. The van der Waals surface area contributed by atoms with Gasteiger partial charge in [0.25, 0.3) is 11.5 Å². The van der Waals surface area contributed by atoms with Crippen LogP contribution in [0.1, 0.15) is 34.8 Å². The van der Waals surface area contributed by atoms with Crippen molar-refractivity contribution in [2.45, 2.75) is 25.3 Å². The van der Waals surface area contributed by atoms with Crippen LogP contribution in [0.4, 0.5) is 0 Å². The van der Waals surface area contributed by atoms with Crippen molar-refractivity contribution in [2.75, 3.05) is 13.1 Å². The van der Waals surface area contributed by atoms with Crippen molar-refractivity contribution in [3.05, 3.63) is 51.2 Å². The van der Waals surface area contributed by atoms with Gasteiger partial charge in [0.05, 0.1) is 10.7 Å². The number of carbonyl (C=O) groups is 2. The van der Waals surface area contributed by atoms with Crippen LogP contribution in [0.5, 0.6) is 0 Å². The van der Waals surface area contributed by atoms with E-state index in [0.29, 0.717) is 18.1 Å². The Balaban J connectivity index is 1.75. The Morgan fingerprint density at radius 1 is 1.44 bits per heavy atom. The number of aromatic nitrogens is 3. The van der Waals surface area contributed by atoms with E-state index in [1.54, 1.807) is 17.2 Å². The number of aliphatic carboxylic acids is 1. The molecule has 0 radical (unpaired) electrons. The Labute approximate surface area is 148 Å². The number of hydrogen-bond donors (Lipinski definition) is 2. The molecular weight excluding hydrogens is 348 g/mol. The zero-order valence-electron chi connectivity index (χ0n) is 13.3. The zero-order valence-corrected chi connectivity index (χ0v) is 14.1. The summed E-state index contributed by atoms with van der Waals surface area (Å²) in [6.07, 6.45) is 4.58. The van der Waals surface area contributed by atoms with Gasteiger partial charge in [0.15, 0.2) is 0 Å². The third kappa shape index (κ3) is 3.90. The number of carbonyl (C=O) groups excluding carboxylic acids is 1. The average Bonchev–Trinajstić information content (AvgIpc) is 3.04. The molecule has 2 aromatic rings. The molecule has 0 bridgehead atoms. The molecule has 0 aliphatic carbocycles. The zero-order chi connectivity index (χ0) is 18.0. The minimum absolute atomic E-state index is 0.00557. The van der Waals surface area contributed by atoms with Gasteiger partial charge < -0.3 is 15.0 Å². The van der Waals surface area contributed by atoms with E-state index in [2.05, 4.69) is 10.1 Å². The minimum Gasteiger partial charge on any atom is -0.480 e. The van der Waals surface area contributed by atoms with E-state index >= 15 is 0 Å².